The first-order valence-electron chi connectivity index (χ1n) is 8.74. The van der Waals surface area contributed by atoms with Crippen LogP contribution in [0.25, 0.3) is 16.4 Å². The molecule has 4 rings (SSSR count). The van der Waals surface area contributed by atoms with Gasteiger partial charge in [-0.2, -0.15) is 9.61 Å². The molecule has 1 aromatic carbocycles. The molecule has 144 valence electrons. The Hall–Kier alpha value is -2.72. The zero-order valence-corrected chi connectivity index (χ0v) is 16.9. The van der Waals surface area contributed by atoms with Crippen LogP contribution in [-0.2, 0) is 12.2 Å². The van der Waals surface area contributed by atoms with Crippen LogP contribution < -0.4 is 10.3 Å². The van der Waals surface area contributed by atoms with Crippen molar-refractivity contribution in [3.05, 3.63) is 51.4 Å². The van der Waals surface area contributed by atoms with Crippen molar-refractivity contribution in [3.8, 4) is 17.2 Å². The molecule has 0 N–H and O–H groups in total. The molecule has 28 heavy (non-hydrogen) atoms. The molecule has 0 aliphatic rings. The highest BCUT2D eigenvalue weighted by Gasteiger charge is 2.12. The number of aromatic nitrogens is 5. The number of benzene rings is 1. The summed E-state index contributed by atoms with van der Waals surface area (Å²) in [5.74, 6) is 1.68. The molecule has 0 amide bonds. The minimum absolute atomic E-state index is 0.183. The van der Waals surface area contributed by atoms with Crippen LogP contribution in [0.3, 0.4) is 0 Å². The third-order valence-electron chi connectivity index (χ3n) is 3.80. The van der Waals surface area contributed by atoms with E-state index in [-0.39, 0.29) is 5.56 Å². The van der Waals surface area contributed by atoms with E-state index in [2.05, 4.69) is 20.3 Å². The van der Waals surface area contributed by atoms with Gasteiger partial charge in [0.2, 0.25) is 10.9 Å². The number of rotatable bonds is 7. The van der Waals surface area contributed by atoms with Crippen molar-refractivity contribution in [3.63, 3.8) is 0 Å². The van der Waals surface area contributed by atoms with Crippen molar-refractivity contribution in [2.24, 2.45) is 0 Å². The summed E-state index contributed by atoms with van der Waals surface area (Å²) in [6.07, 6.45) is 0.772. The van der Waals surface area contributed by atoms with Gasteiger partial charge in [0.1, 0.15) is 10.8 Å². The smallest absolute Gasteiger partial charge is 0.277 e. The summed E-state index contributed by atoms with van der Waals surface area (Å²) < 4.78 is 12.5. The molecule has 0 bridgehead atoms. The van der Waals surface area contributed by atoms with Crippen LogP contribution in [0.15, 0.2) is 44.8 Å². The van der Waals surface area contributed by atoms with Crippen LogP contribution in [0.4, 0.5) is 0 Å². The quantitative estimate of drug-likeness (QED) is 0.424. The average Bonchev–Trinajstić information content (AvgIpc) is 3.34. The van der Waals surface area contributed by atoms with Gasteiger partial charge < -0.3 is 9.15 Å². The lowest BCUT2D eigenvalue weighted by molar-refractivity contribution is 0.340. The van der Waals surface area contributed by atoms with Gasteiger partial charge in [0, 0.05) is 17.4 Å². The maximum absolute atomic E-state index is 12.2. The fraction of sp³-hybridized carbons (Fsp3) is 0.278. The van der Waals surface area contributed by atoms with E-state index in [1.807, 2.05) is 38.1 Å². The number of hydrogen-bond donors (Lipinski definition) is 0. The van der Waals surface area contributed by atoms with E-state index >= 15 is 0 Å². The van der Waals surface area contributed by atoms with E-state index < -0.39 is 0 Å². The van der Waals surface area contributed by atoms with Crippen molar-refractivity contribution >= 4 is 28.1 Å². The molecule has 3 heterocycles. The van der Waals surface area contributed by atoms with Gasteiger partial charge in [0.05, 0.1) is 12.3 Å². The number of ether oxygens (including phenoxy) is 1. The number of fused-ring (bicyclic) bond motifs is 1. The minimum Gasteiger partial charge on any atom is -0.494 e. The average molecular weight is 416 g/mol. The number of hydrogen-bond acceptors (Lipinski definition) is 9. The van der Waals surface area contributed by atoms with Crippen molar-refractivity contribution < 1.29 is 9.15 Å². The molecular weight excluding hydrogens is 398 g/mol. The lowest BCUT2D eigenvalue weighted by Crippen LogP contribution is -2.15. The predicted octanol–water partition coefficient (Wildman–Crippen LogP) is 3.45. The van der Waals surface area contributed by atoms with E-state index in [0.717, 1.165) is 22.7 Å². The van der Waals surface area contributed by atoms with Crippen LogP contribution in [0.5, 0.6) is 5.75 Å². The number of aryl methyl sites for hydroxylation is 1. The van der Waals surface area contributed by atoms with E-state index in [4.69, 9.17) is 9.15 Å². The lowest BCUT2D eigenvalue weighted by atomic mass is 10.2. The number of thioether (sulfide) groups is 1. The maximum atomic E-state index is 12.2. The van der Waals surface area contributed by atoms with Crippen molar-refractivity contribution in [2.45, 2.75) is 31.2 Å². The lowest BCUT2D eigenvalue weighted by Gasteiger charge is -2.02. The van der Waals surface area contributed by atoms with Crippen LogP contribution in [0, 0.1) is 0 Å². The standard InChI is InChI=1S/C18H17N5O3S2/c1-3-14-22-23-15(24)9-12(19-17(23)28-14)10-27-18-21-20-16(26-18)11-5-7-13(8-6-11)25-4-2/h5-9H,3-4,10H2,1-2H3. The molecule has 10 heteroatoms. The Bertz CT molecular complexity index is 1150. The Labute approximate surface area is 168 Å². The summed E-state index contributed by atoms with van der Waals surface area (Å²) in [5, 5.41) is 13.7. The Morgan fingerprint density at radius 2 is 2.04 bits per heavy atom. The zero-order valence-electron chi connectivity index (χ0n) is 15.3. The highest BCUT2D eigenvalue weighted by molar-refractivity contribution is 7.98. The third kappa shape index (κ3) is 3.92. The second-order valence-corrected chi connectivity index (χ2v) is 7.72. The first-order chi connectivity index (χ1) is 13.7. The van der Waals surface area contributed by atoms with Gasteiger partial charge in [-0.1, -0.05) is 30.0 Å². The van der Waals surface area contributed by atoms with Crippen molar-refractivity contribution in [1.82, 2.24) is 24.8 Å². The Balaban J connectivity index is 1.47. The van der Waals surface area contributed by atoms with Gasteiger partial charge in [-0.25, -0.2) is 4.98 Å². The second-order valence-electron chi connectivity index (χ2n) is 5.75. The molecule has 0 atom stereocenters. The third-order valence-corrected chi connectivity index (χ3v) is 5.71. The van der Waals surface area contributed by atoms with Crippen LogP contribution >= 0.6 is 23.1 Å². The molecule has 0 aliphatic heterocycles. The summed E-state index contributed by atoms with van der Waals surface area (Å²) >= 11 is 2.76. The normalized spacial score (nSPS) is 11.2. The fourth-order valence-corrected chi connectivity index (χ4v) is 4.01. The van der Waals surface area contributed by atoms with Gasteiger partial charge in [-0.05, 0) is 37.6 Å². The minimum atomic E-state index is -0.183. The van der Waals surface area contributed by atoms with Crippen LogP contribution in [-0.4, -0.2) is 31.4 Å². The van der Waals surface area contributed by atoms with Gasteiger partial charge in [-0.15, -0.1) is 10.2 Å². The van der Waals surface area contributed by atoms with Crippen molar-refractivity contribution in [2.75, 3.05) is 6.61 Å². The first-order valence-corrected chi connectivity index (χ1v) is 10.5. The summed E-state index contributed by atoms with van der Waals surface area (Å²) in [6.45, 7) is 4.55. The molecule has 0 unspecified atom stereocenters. The van der Waals surface area contributed by atoms with Crippen molar-refractivity contribution in [1.29, 1.82) is 0 Å². The Morgan fingerprint density at radius 1 is 1.21 bits per heavy atom. The van der Waals surface area contributed by atoms with E-state index in [1.165, 1.54) is 33.7 Å². The fourth-order valence-electron chi connectivity index (χ4n) is 2.49. The molecule has 8 nitrogen and oxygen atoms in total. The maximum Gasteiger partial charge on any atom is 0.277 e. The Morgan fingerprint density at radius 3 is 2.79 bits per heavy atom. The largest absolute Gasteiger partial charge is 0.494 e. The highest BCUT2D eigenvalue weighted by atomic mass is 32.2. The SMILES string of the molecule is CCOc1ccc(-c2nnc(SCc3cc(=O)n4nc(CC)sc4n3)o2)cc1. The van der Waals surface area contributed by atoms with Gasteiger partial charge >= 0.3 is 0 Å². The molecule has 0 fully saturated rings. The second kappa shape index (κ2) is 8.11. The molecule has 4 aromatic rings. The highest BCUT2D eigenvalue weighted by Crippen LogP contribution is 2.26. The molecule has 0 saturated heterocycles. The first kappa shape index (κ1) is 18.6. The zero-order chi connectivity index (χ0) is 19.5. The molecule has 0 aliphatic carbocycles. The van der Waals surface area contributed by atoms with E-state index in [9.17, 15) is 4.79 Å². The monoisotopic (exact) mass is 415 g/mol. The molecular formula is C18H17N5O3S2. The van der Waals surface area contributed by atoms with Crippen LogP contribution in [0.2, 0.25) is 0 Å². The van der Waals surface area contributed by atoms with Gasteiger partial charge in [-0.3, -0.25) is 4.79 Å². The van der Waals surface area contributed by atoms with Gasteiger partial charge in [0.15, 0.2) is 0 Å². The molecule has 0 saturated carbocycles. The number of nitrogens with zero attached hydrogens (tertiary/aromatic N) is 5. The predicted molar refractivity (Wildman–Crippen MR) is 107 cm³/mol. The summed E-state index contributed by atoms with van der Waals surface area (Å²) in [7, 11) is 0. The molecule has 0 spiro atoms. The summed E-state index contributed by atoms with van der Waals surface area (Å²) in [5.41, 5.74) is 1.29. The van der Waals surface area contributed by atoms with E-state index in [0.29, 0.717) is 34.1 Å². The van der Waals surface area contributed by atoms with Gasteiger partial charge in [0.25, 0.3) is 10.8 Å². The molecule has 3 aromatic heterocycles. The Kier molecular flexibility index (Phi) is 5.40. The van der Waals surface area contributed by atoms with E-state index in [1.54, 1.807) is 0 Å². The summed E-state index contributed by atoms with van der Waals surface area (Å²) in [6, 6.07) is 8.96. The topological polar surface area (TPSA) is 95.4 Å². The molecule has 0 radical (unpaired) electrons. The summed E-state index contributed by atoms with van der Waals surface area (Å²) in [4.78, 5) is 17.3. The van der Waals surface area contributed by atoms with Crippen LogP contribution in [0.1, 0.15) is 24.5 Å².